The van der Waals surface area contributed by atoms with E-state index in [1.165, 1.54) is 12.8 Å². The molecule has 35 heavy (non-hydrogen) atoms. The van der Waals surface area contributed by atoms with Crippen LogP contribution in [-0.2, 0) is 19.2 Å². The topological polar surface area (TPSA) is 125 Å². The summed E-state index contributed by atoms with van der Waals surface area (Å²) in [6.07, 6.45) is 11.5. The molecule has 200 valence electrons. The van der Waals surface area contributed by atoms with Gasteiger partial charge in [0.15, 0.2) is 0 Å². The molecular formula is C25H46N6O4. The minimum Gasteiger partial charge on any atom is -0.376 e. The number of carbonyl (C=O) groups is 2. The summed E-state index contributed by atoms with van der Waals surface area (Å²) in [5, 5.41) is 10.0. The van der Waals surface area contributed by atoms with Gasteiger partial charge in [-0.3, -0.25) is 25.2 Å². The van der Waals surface area contributed by atoms with E-state index < -0.39 is 0 Å². The summed E-state index contributed by atoms with van der Waals surface area (Å²) >= 11 is 0. The first kappa shape index (κ1) is 26.8. The van der Waals surface area contributed by atoms with Crippen LogP contribution >= 0.6 is 0 Å². The smallest absolute Gasteiger partial charge is 0.237 e. The Morgan fingerprint density at radius 2 is 2.00 bits per heavy atom. The normalized spacial score (nSPS) is 35.5. The van der Waals surface area contributed by atoms with Crippen LogP contribution in [0.4, 0.5) is 0 Å². The number of amides is 2. The Bertz CT molecular complexity index is 695. The summed E-state index contributed by atoms with van der Waals surface area (Å²) in [7, 11) is 0. The van der Waals surface area contributed by atoms with E-state index in [0.29, 0.717) is 37.3 Å². The Hall–Kier alpha value is -1.30. The molecule has 7 unspecified atom stereocenters. The largest absolute Gasteiger partial charge is 0.376 e. The molecule has 2 amide bonds. The molecule has 0 spiro atoms. The lowest BCUT2D eigenvalue weighted by atomic mass is 9.76. The van der Waals surface area contributed by atoms with Gasteiger partial charge in [-0.2, -0.15) is 5.48 Å². The first-order chi connectivity index (χ1) is 17.0. The Morgan fingerprint density at radius 3 is 2.86 bits per heavy atom. The van der Waals surface area contributed by atoms with E-state index in [2.05, 4.69) is 46.1 Å². The van der Waals surface area contributed by atoms with Gasteiger partial charge in [0.2, 0.25) is 11.8 Å². The highest BCUT2D eigenvalue weighted by Gasteiger charge is 2.39. The molecule has 4 fully saturated rings. The Balaban J connectivity index is 1.06. The van der Waals surface area contributed by atoms with E-state index in [9.17, 15) is 9.59 Å². The van der Waals surface area contributed by atoms with Gasteiger partial charge < -0.3 is 15.4 Å². The third kappa shape index (κ3) is 7.84. The molecule has 10 nitrogen and oxygen atoms in total. The first-order valence-corrected chi connectivity index (χ1v) is 13.9. The van der Waals surface area contributed by atoms with E-state index in [4.69, 9.17) is 9.57 Å². The van der Waals surface area contributed by atoms with E-state index in [1.807, 2.05) is 0 Å². The number of hydrogen-bond donors (Lipinski definition) is 6. The fourth-order valence-electron chi connectivity index (χ4n) is 6.15. The van der Waals surface area contributed by atoms with Crippen molar-refractivity contribution in [1.29, 1.82) is 0 Å². The number of hydrazine groups is 1. The van der Waals surface area contributed by atoms with Gasteiger partial charge in [-0.15, -0.1) is 0 Å². The van der Waals surface area contributed by atoms with Crippen molar-refractivity contribution in [2.24, 2.45) is 17.8 Å². The number of hydrogen-bond acceptors (Lipinski definition) is 8. The van der Waals surface area contributed by atoms with Crippen LogP contribution in [0.1, 0.15) is 84.5 Å². The van der Waals surface area contributed by atoms with Gasteiger partial charge in [-0.1, -0.05) is 19.3 Å². The summed E-state index contributed by atoms with van der Waals surface area (Å²) in [6, 6.07) is 0. The number of ether oxygens (including phenoxy) is 1. The molecule has 10 heteroatoms. The van der Waals surface area contributed by atoms with Crippen molar-refractivity contribution in [3.8, 4) is 0 Å². The Morgan fingerprint density at radius 1 is 1.14 bits per heavy atom. The van der Waals surface area contributed by atoms with Crippen LogP contribution in [0.25, 0.3) is 0 Å². The Labute approximate surface area is 209 Å². The van der Waals surface area contributed by atoms with Crippen molar-refractivity contribution in [1.82, 2.24) is 32.3 Å². The SMILES string of the molecule is CC(C)OC1CCCC(C2NOC(CCC(=O)NCCCNC3NNC(=O)C4CCCCC34)N2)C1. The van der Waals surface area contributed by atoms with Crippen LogP contribution in [0.2, 0.25) is 0 Å². The van der Waals surface area contributed by atoms with E-state index >= 15 is 0 Å². The molecule has 2 aliphatic heterocycles. The first-order valence-electron chi connectivity index (χ1n) is 13.9. The van der Waals surface area contributed by atoms with E-state index in [-0.39, 0.29) is 42.4 Å². The molecule has 2 aliphatic carbocycles. The number of hydroxylamine groups is 1. The van der Waals surface area contributed by atoms with Crippen molar-refractivity contribution in [2.45, 2.75) is 115 Å². The third-order valence-corrected chi connectivity index (χ3v) is 7.91. The lowest BCUT2D eigenvalue weighted by Gasteiger charge is -2.41. The van der Waals surface area contributed by atoms with Crippen LogP contribution in [0, 0.1) is 17.8 Å². The number of fused-ring (bicyclic) bond motifs is 1. The van der Waals surface area contributed by atoms with E-state index in [1.54, 1.807) is 0 Å². The van der Waals surface area contributed by atoms with Gasteiger partial charge in [0.1, 0.15) is 6.23 Å². The summed E-state index contributed by atoms with van der Waals surface area (Å²) in [4.78, 5) is 30.1. The third-order valence-electron chi connectivity index (χ3n) is 7.91. The zero-order chi connectivity index (χ0) is 24.6. The van der Waals surface area contributed by atoms with Crippen LogP contribution in [-0.4, -0.2) is 55.7 Å². The fraction of sp³-hybridized carbons (Fsp3) is 0.920. The van der Waals surface area contributed by atoms with E-state index in [0.717, 1.165) is 51.5 Å². The van der Waals surface area contributed by atoms with Gasteiger partial charge in [-0.25, -0.2) is 5.43 Å². The minimum absolute atomic E-state index is 0.0531. The van der Waals surface area contributed by atoms with Crippen molar-refractivity contribution >= 4 is 11.8 Å². The highest BCUT2D eigenvalue weighted by Crippen LogP contribution is 2.33. The molecule has 7 atom stereocenters. The maximum absolute atomic E-state index is 12.3. The Kier molecular flexibility index (Phi) is 10.2. The maximum Gasteiger partial charge on any atom is 0.237 e. The van der Waals surface area contributed by atoms with Crippen molar-refractivity contribution in [3.05, 3.63) is 0 Å². The quantitative estimate of drug-likeness (QED) is 0.238. The van der Waals surface area contributed by atoms with Gasteiger partial charge >= 0.3 is 0 Å². The lowest BCUT2D eigenvalue weighted by molar-refractivity contribution is -0.134. The standard InChI is InChI=1S/C25H46N6O4/c1-16(2)34-18-8-5-7-17(15-18)23-28-22(35-31-23)12-11-21(32)26-13-6-14-27-24-19-9-3-4-10-20(19)25(33)30-29-24/h16-20,22-24,27-29,31H,3-15H2,1-2H3,(H,26,32)(H,30,33). The summed E-state index contributed by atoms with van der Waals surface area (Å²) < 4.78 is 6.03. The highest BCUT2D eigenvalue weighted by atomic mass is 16.7. The summed E-state index contributed by atoms with van der Waals surface area (Å²) in [5.41, 5.74) is 9.09. The molecule has 2 saturated carbocycles. The number of rotatable bonds is 11. The molecule has 6 N–H and O–H groups in total. The van der Waals surface area contributed by atoms with Crippen LogP contribution in [0.5, 0.6) is 0 Å². The van der Waals surface area contributed by atoms with Crippen LogP contribution in [0.15, 0.2) is 0 Å². The second kappa shape index (κ2) is 13.3. The molecule has 4 aliphatic rings. The maximum atomic E-state index is 12.3. The molecule has 0 bridgehead atoms. The summed E-state index contributed by atoms with van der Waals surface area (Å²) in [6.45, 7) is 5.62. The van der Waals surface area contributed by atoms with Crippen molar-refractivity contribution in [2.75, 3.05) is 13.1 Å². The number of carbonyl (C=O) groups excluding carboxylic acids is 2. The van der Waals surface area contributed by atoms with Gasteiger partial charge in [0.05, 0.1) is 24.5 Å². The molecule has 4 rings (SSSR count). The van der Waals surface area contributed by atoms with Crippen LogP contribution in [0.3, 0.4) is 0 Å². The second-order valence-corrected chi connectivity index (χ2v) is 11.0. The van der Waals surface area contributed by atoms with Crippen molar-refractivity contribution < 1.29 is 19.2 Å². The molecule has 2 heterocycles. The van der Waals surface area contributed by atoms with Gasteiger partial charge in [-0.05, 0) is 71.3 Å². The molecule has 0 aromatic rings. The predicted octanol–water partition coefficient (Wildman–Crippen LogP) is 1.39. The molecule has 0 radical (unpaired) electrons. The molecular weight excluding hydrogens is 448 g/mol. The molecule has 2 saturated heterocycles. The zero-order valence-electron chi connectivity index (χ0n) is 21.4. The highest BCUT2D eigenvalue weighted by molar-refractivity contribution is 5.79. The predicted molar refractivity (Wildman–Crippen MR) is 132 cm³/mol. The van der Waals surface area contributed by atoms with Gasteiger partial charge in [0, 0.05) is 24.8 Å². The molecule has 0 aromatic carbocycles. The lowest BCUT2D eigenvalue weighted by Crippen LogP contribution is -2.64. The average molecular weight is 495 g/mol. The molecule has 0 aromatic heterocycles. The van der Waals surface area contributed by atoms with Crippen molar-refractivity contribution in [3.63, 3.8) is 0 Å². The minimum atomic E-state index is -0.144. The monoisotopic (exact) mass is 494 g/mol. The second-order valence-electron chi connectivity index (χ2n) is 11.0. The van der Waals surface area contributed by atoms with Crippen LogP contribution < -0.4 is 32.3 Å². The summed E-state index contributed by atoms with van der Waals surface area (Å²) in [5.74, 6) is 1.14. The number of nitrogens with one attached hydrogen (secondary N) is 6. The average Bonchev–Trinajstić information content (AvgIpc) is 3.33. The van der Waals surface area contributed by atoms with Gasteiger partial charge in [0.25, 0.3) is 0 Å². The zero-order valence-corrected chi connectivity index (χ0v) is 21.4. The fourth-order valence-corrected chi connectivity index (χ4v) is 6.15.